The van der Waals surface area contributed by atoms with Crippen LogP contribution in [0.25, 0.3) is 0 Å². The number of amides is 1. The smallest absolute Gasteiger partial charge is 0.260 e. The fourth-order valence-corrected chi connectivity index (χ4v) is 0.339. The van der Waals surface area contributed by atoms with E-state index in [0.29, 0.717) is 5.57 Å². The molecule has 1 amide bonds. The van der Waals surface area contributed by atoms with Gasteiger partial charge in [-0.05, 0) is 12.5 Å². The fourth-order valence-electron chi connectivity index (χ4n) is 0.339. The van der Waals surface area contributed by atoms with E-state index in [1.165, 1.54) is 6.19 Å². The molecule has 0 unspecified atom stereocenters. The Labute approximate surface area is 64.4 Å². The van der Waals surface area contributed by atoms with E-state index in [2.05, 4.69) is 6.58 Å². The van der Waals surface area contributed by atoms with Gasteiger partial charge in [0.15, 0.2) is 6.19 Å². The molecule has 0 radical (unpaired) electrons. The van der Waals surface area contributed by atoms with Crippen molar-refractivity contribution >= 4 is 5.91 Å². The van der Waals surface area contributed by atoms with Gasteiger partial charge in [0.1, 0.15) is 5.76 Å². The topological polar surface area (TPSA) is 73.1 Å². The third-order valence-electron chi connectivity index (χ3n) is 0.884. The van der Waals surface area contributed by atoms with E-state index in [-0.39, 0.29) is 5.76 Å². The molecule has 0 spiro atoms. The second kappa shape index (κ2) is 4.12. The lowest BCUT2D eigenvalue weighted by atomic mass is 10.3. The normalized spacial score (nSPS) is 10.0. The van der Waals surface area contributed by atoms with Crippen LogP contribution in [0.4, 0.5) is 0 Å². The number of carbonyl (C=O) groups is 1. The molecule has 0 saturated carbocycles. The molecule has 0 aromatic heterocycles. The van der Waals surface area contributed by atoms with Crippen LogP contribution in [0, 0.1) is 11.5 Å². The summed E-state index contributed by atoms with van der Waals surface area (Å²) in [6.07, 6.45) is 2.32. The maximum atomic E-state index is 10.5. The van der Waals surface area contributed by atoms with E-state index in [0.717, 1.165) is 6.08 Å². The number of aliphatic hydroxyl groups is 1. The first-order valence-electron chi connectivity index (χ1n) is 2.83. The van der Waals surface area contributed by atoms with Crippen molar-refractivity contribution in [1.29, 1.82) is 5.26 Å². The largest absolute Gasteiger partial charge is 0.507 e. The highest BCUT2D eigenvalue weighted by Gasteiger charge is 1.98. The molecule has 0 heterocycles. The molecule has 0 aliphatic carbocycles. The van der Waals surface area contributed by atoms with Gasteiger partial charge in [0.2, 0.25) is 0 Å². The van der Waals surface area contributed by atoms with Crippen LogP contribution in [-0.4, -0.2) is 11.0 Å². The number of nitrogens with one attached hydrogen (secondary N) is 1. The van der Waals surface area contributed by atoms with Crippen LogP contribution in [-0.2, 0) is 4.79 Å². The molecule has 0 atom stereocenters. The highest BCUT2D eigenvalue weighted by molar-refractivity contribution is 5.89. The Hall–Kier alpha value is -1.76. The minimum atomic E-state index is -0.659. The van der Waals surface area contributed by atoms with Gasteiger partial charge < -0.3 is 5.11 Å². The summed E-state index contributed by atoms with van der Waals surface area (Å²) in [4.78, 5) is 10.5. The molecular weight excluding hydrogens is 144 g/mol. The first kappa shape index (κ1) is 9.24. The molecule has 58 valence electrons. The van der Waals surface area contributed by atoms with Crippen molar-refractivity contribution in [3.05, 3.63) is 24.0 Å². The molecule has 4 heteroatoms. The van der Waals surface area contributed by atoms with Crippen LogP contribution < -0.4 is 5.32 Å². The number of rotatable bonds is 2. The summed E-state index contributed by atoms with van der Waals surface area (Å²) in [7, 11) is 0. The Bertz CT molecular complexity index is 248. The molecule has 0 aromatic rings. The Morgan fingerprint density at radius 2 is 2.36 bits per heavy atom. The number of carbonyl (C=O) groups excluding carboxylic acids is 1. The van der Waals surface area contributed by atoms with E-state index in [1.54, 1.807) is 6.92 Å². The number of nitrogens with zero attached hydrogens (tertiary/aromatic N) is 1. The lowest BCUT2D eigenvalue weighted by Crippen LogP contribution is -2.14. The zero-order valence-corrected chi connectivity index (χ0v) is 6.09. The molecule has 0 rings (SSSR count). The summed E-state index contributed by atoms with van der Waals surface area (Å²) in [5.41, 5.74) is 0.373. The quantitative estimate of drug-likeness (QED) is 0.200. The molecule has 0 aromatic carbocycles. The van der Waals surface area contributed by atoms with E-state index >= 15 is 0 Å². The molecule has 11 heavy (non-hydrogen) atoms. The predicted octanol–water partition coefficient (Wildman–Crippen LogP) is 0.602. The predicted molar refractivity (Wildman–Crippen MR) is 39.3 cm³/mol. The van der Waals surface area contributed by atoms with E-state index in [1.807, 2.05) is 5.32 Å². The van der Waals surface area contributed by atoms with Crippen molar-refractivity contribution in [2.24, 2.45) is 0 Å². The van der Waals surface area contributed by atoms with Gasteiger partial charge >= 0.3 is 0 Å². The van der Waals surface area contributed by atoms with Crippen LogP contribution in [0.15, 0.2) is 24.0 Å². The van der Waals surface area contributed by atoms with Crippen LogP contribution in [0.3, 0.4) is 0 Å². The highest BCUT2D eigenvalue weighted by atomic mass is 16.3. The first-order valence-corrected chi connectivity index (χ1v) is 2.83. The summed E-state index contributed by atoms with van der Waals surface area (Å²) >= 11 is 0. The van der Waals surface area contributed by atoms with Crippen LogP contribution >= 0.6 is 0 Å². The Kier molecular flexibility index (Phi) is 3.46. The number of nitriles is 1. The zero-order chi connectivity index (χ0) is 8.85. The zero-order valence-electron chi connectivity index (χ0n) is 6.09. The average Bonchev–Trinajstić information content (AvgIpc) is 1.87. The standard InChI is InChI=1S/C7H8N2O2/c1-5(2)6(10)3-7(11)9-4-8/h3,10H,1H2,2H3,(H,9,11). The van der Waals surface area contributed by atoms with Gasteiger partial charge in [0.05, 0.1) is 0 Å². The summed E-state index contributed by atoms with van der Waals surface area (Å²) in [6, 6.07) is 0. The number of hydrogen-bond donors (Lipinski definition) is 2. The van der Waals surface area contributed by atoms with Gasteiger partial charge in [-0.1, -0.05) is 6.58 Å². The minimum absolute atomic E-state index is 0.224. The maximum absolute atomic E-state index is 10.5. The summed E-state index contributed by atoms with van der Waals surface area (Å²) in [5, 5.41) is 18.7. The van der Waals surface area contributed by atoms with Crippen molar-refractivity contribution in [3.8, 4) is 6.19 Å². The lowest BCUT2D eigenvalue weighted by molar-refractivity contribution is -0.115. The van der Waals surface area contributed by atoms with Gasteiger partial charge in [-0.25, -0.2) is 0 Å². The van der Waals surface area contributed by atoms with Gasteiger partial charge in [0, 0.05) is 6.08 Å². The fraction of sp³-hybridized carbons (Fsp3) is 0.143. The third kappa shape index (κ3) is 3.76. The summed E-state index contributed by atoms with van der Waals surface area (Å²) in [6.45, 7) is 4.93. The maximum Gasteiger partial charge on any atom is 0.260 e. The van der Waals surface area contributed by atoms with E-state index in [4.69, 9.17) is 10.4 Å². The van der Waals surface area contributed by atoms with Gasteiger partial charge in [0.25, 0.3) is 5.91 Å². The molecule has 0 saturated heterocycles. The molecule has 4 nitrogen and oxygen atoms in total. The summed E-state index contributed by atoms with van der Waals surface area (Å²) < 4.78 is 0. The SMILES string of the molecule is C=C(C)C(O)=CC(=O)NC#N. The summed E-state index contributed by atoms with van der Waals surface area (Å²) in [5.74, 6) is -0.884. The second-order valence-corrected chi connectivity index (χ2v) is 1.91. The molecule has 0 aliphatic rings. The highest BCUT2D eigenvalue weighted by Crippen LogP contribution is 1.99. The van der Waals surface area contributed by atoms with Crippen LogP contribution in [0.5, 0.6) is 0 Å². The molecule has 0 fully saturated rings. The monoisotopic (exact) mass is 152 g/mol. The Morgan fingerprint density at radius 1 is 1.82 bits per heavy atom. The molecule has 0 bridgehead atoms. The van der Waals surface area contributed by atoms with Crippen molar-refractivity contribution in [2.45, 2.75) is 6.92 Å². The molecular formula is C7H8N2O2. The molecule has 2 N–H and O–H groups in total. The lowest BCUT2D eigenvalue weighted by Gasteiger charge is -1.94. The van der Waals surface area contributed by atoms with Crippen LogP contribution in [0.1, 0.15) is 6.92 Å². The van der Waals surface area contributed by atoms with Crippen molar-refractivity contribution < 1.29 is 9.90 Å². The Balaban J connectivity index is 4.22. The van der Waals surface area contributed by atoms with Crippen molar-refractivity contribution in [2.75, 3.05) is 0 Å². The average molecular weight is 152 g/mol. The van der Waals surface area contributed by atoms with Crippen LogP contribution in [0.2, 0.25) is 0 Å². The van der Waals surface area contributed by atoms with Gasteiger partial charge in [-0.3, -0.25) is 10.1 Å². The molecule has 0 aliphatic heterocycles. The minimum Gasteiger partial charge on any atom is -0.507 e. The third-order valence-corrected chi connectivity index (χ3v) is 0.884. The van der Waals surface area contributed by atoms with Gasteiger partial charge in [-0.15, -0.1) is 0 Å². The van der Waals surface area contributed by atoms with Gasteiger partial charge in [-0.2, -0.15) is 5.26 Å². The Morgan fingerprint density at radius 3 is 2.73 bits per heavy atom. The van der Waals surface area contributed by atoms with E-state index < -0.39 is 5.91 Å². The van der Waals surface area contributed by atoms with E-state index in [9.17, 15) is 4.79 Å². The number of hydrogen-bond acceptors (Lipinski definition) is 3. The first-order chi connectivity index (χ1) is 5.07. The number of aliphatic hydroxyl groups excluding tert-OH is 1. The second-order valence-electron chi connectivity index (χ2n) is 1.91. The van der Waals surface area contributed by atoms with Crippen molar-refractivity contribution in [3.63, 3.8) is 0 Å². The number of allylic oxidation sites excluding steroid dienone is 1. The van der Waals surface area contributed by atoms with Crippen molar-refractivity contribution in [1.82, 2.24) is 5.32 Å².